The number of thiophene rings is 4. The Morgan fingerprint density at radius 2 is 0.736 bits per heavy atom. The lowest BCUT2D eigenvalue weighted by Crippen LogP contribution is -2.38. The highest BCUT2D eigenvalue weighted by Crippen LogP contribution is 2.67. The van der Waals surface area contributed by atoms with Gasteiger partial charge in [0.05, 0.1) is 42.1 Å². The van der Waals surface area contributed by atoms with E-state index in [4.69, 9.17) is 18.9 Å². The van der Waals surface area contributed by atoms with Gasteiger partial charge in [-0.1, -0.05) is 211 Å². The second-order valence-corrected chi connectivity index (χ2v) is 32.0. The molecule has 16 rings (SSSR count). The first-order chi connectivity index (χ1) is 51.9. The van der Waals surface area contributed by atoms with Crippen molar-refractivity contribution >= 4 is 111 Å². The van der Waals surface area contributed by atoms with E-state index in [9.17, 15) is 21.0 Å². The summed E-state index contributed by atoms with van der Waals surface area (Å²) in [6.45, 7) is 9.81. The number of hydrogen-bond donors (Lipinski definition) is 0. The summed E-state index contributed by atoms with van der Waals surface area (Å²) < 4.78 is 31.0. The Balaban J connectivity index is 0.937. The molecule has 0 radical (unpaired) electrons. The molecule has 2 aliphatic carbocycles. The predicted octanol–water partition coefficient (Wildman–Crippen LogP) is 24.4. The monoisotopic (exact) mass is 1460 g/mol. The summed E-state index contributed by atoms with van der Waals surface area (Å²) in [6.07, 6.45) is 17.3. The molecule has 14 heteroatoms. The molecule has 2 atom stereocenters. The highest BCUT2D eigenvalue weighted by Gasteiger charge is 2.53. The van der Waals surface area contributed by atoms with Gasteiger partial charge >= 0.3 is 0 Å². The van der Waals surface area contributed by atoms with Crippen LogP contribution in [0.1, 0.15) is 177 Å². The maximum Gasteiger partial charge on any atom is 0.194 e. The van der Waals surface area contributed by atoms with Gasteiger partial charge in [0, 0.05) is 76.6 Å². The third-order valence-electron chi connectivity index (χ3n) is 20.9. The summed E-state index contributed by atoms with van der Waals surface area (Å²) >= 11 is 6.35. The van der Waals surface area contributed by atoms with Crippen LogP contribution in [-0.2, 0) is 11.2 Å². The summed E-state index contributed by atoms with van der Waals surface area (Å²) in [5, 5.41) is 46.0. The number of nitrogens with zero attached hydrogens (tertiary/aromatic N) is 4. The number of aryl methyl sites for hydroxylation is 2. The zero-order chi connectivity index (χ0) is 72.8. The lowest BCUT2D eigenvalue weighted by molar-refractivity contribution is 0.103. The maximum absolute atomic E-state index is 15.1. The van der Waals surface area contributed by atoms with Crippen LogP contribution in [0.2, 0.25) is 0 Å². The summed E-state index contributed by atoms with van der Waals surface area (Å²) in [7, 11) is 0. The summed E-state index contributed by atoms with van der Waals surface area (Å²) in [4.78, 5) is 35.1. The molecule has 12 aromatic rings. The largest absolute Gasteiger partial charge is 0.494 e. The molecule has 520 valence electrons. The van der Waals surface area contributed by atoms with Gasteiger partial charge in [-0.2, -0.15) is 21.0 Å². The van der Waals surface area contributed by atoms with Crippen molar-refractivity contribution in [2.45, 2.75) is 116 Å². The van der Waals surface area contributed by atoms with E-state index in [1.54, 1.807) is 22.7 Å². The molecule has 8 aromatic carbocycles. The van der Waals surface area contributed by atoms with Gasteiger partial charge < -0.3 is 18.9 Å². The fraction of sp³-hybridized carbons (Fsp3) is 0.217. The molecular weight excluding hydrogens is 1390 g/mol. The summed E-state index contributed by atoms with van der Waals surface area (Å²) in [5.41, 5.74) is 7.52. The van der Waals surface area contributed by atoms with Crippen LogP contribution in [0.15, 0.2) is 204 Å². The topological polar surface area (TPSA) is 166 Å². The lowest BCUT2D eigenvalue weighted by atomic mass is 9.76. The zero-order valence-corrected chi connectivity index (χ0v) is 62.5. The number of hydrogen-bond acceptors (Lipinski definition) is 14. The van der Waals surface area contributed by atoms with E-state index in [0.29, 0.717) is 67.9 Å². The van der Waals surface area contributed by atoms with Crippen molar-refractivity contribution in [2.75, 3.05) is 13.2 Å². The van der Waals surface area contributed by atoms with Crippen molar-refractivity contribution in [3.05, 3.63) is 281 Å². The minimum atomic E-state index is -1.34. The van der Waals surface area contributed by atoms with E-state index in [1.165, 1.54) is 74.0 Å². The van der Waals surface area contributed by atoms with Crippen molar-refractivity contribution in [3.8, 4) is 66.8 Å². The Labute approximate surface area is 632 Å². The number of Topliss-reactive ketones (excluding diaryl/α,β-unsaturated/α-hetero) is 2. The molecule has 0 amide bonds. The molecule has 10 nitrogen and oxygen atoms in total. The Kier molecular flexibility index (Phi) is 19.0. The van der Waals surface area contributed by atoms with Crippen LogP contribution < -0.4 is 18.9 Å². The van der Waals surface area contributed by atoms with Gasteiger partial charge in [-0.05, 0) is 132 Å². The molecule has 0 saturated heterocycles. The van der Waals surface area contributed by atoms with Crippen molar-refractivity contribution < 1.29 is 28.5 Å². The van der Waals surface area contributed by atoms with Gasteiger partial charge in [-0.25, -0.2) is 0 Å². The molecule has 6 heterocycles. The molecule has 0 spiro atoms. The average Bonchev–Trinajstić information content (AvgIpc) is 1.50. The number of carbonyl (C=O) groups excluding carboxylic acids is 2. The van der Waals surface area contributed by atoms with E-state index in [-0.39, 0.29) is 33.9 Å². The molecule has 4 aromatic heterocycles. The third-order valence-corrected chi connectivity index (χ3v) is 25.9. The quantitative estimate of drug-likeness (QED) is 0.0362. The van der Waals surface area contributed by atoms with Crippen molar-refractivity contribution in [1.82, 2.24) is 0 Å². The molecule has 2 unspecified atom stereocenters. The van der Waals surface area contributed by atoms with Crippen LogP contribution in [0.25, 0.3) is 73.8 Å². The Morgan fingerprint density at radius 3 is 1.08 bits per heavy atom. The molecular formula is C92H72N4O6S4. The second kappa shape index (κ2) is 29.0. The summed E-state index contributed by atoms with van der Waals surface area (Å²) in [6, 6.07) is 69.5. The van der Waals surface area contributed by atoms with Crippen LogP contribution in [0, 0.1) is 59.2 Å². The van der Waals surface area contributed by atoms with E-state index >= 15 is 9.59 Å². The number of ether oxygens (including phenoxy) is 4. The van der Waals surface area contributed by atoms with E-state index < -0.39 is 11.2 Å². The molecule has 0 fully saturated rings. The van der Waals surface area contributed by atoms with E-state index in [0.717, 1.165) is 132 Å². The molecule has 0 saturated carbocycles. The highest BCUT2D eigenvalue weighted by atomic mass is 32.1. The highest BCUT2D eigenvalue weighted by molar-refractivity contribution is 7.34. The molecule has 0 bridgehead atoms. The summed E-state index contributed by atoms with van der Waals surface area (Å²) in [5.74, 6) is 2.12. The minimum absolute atomic E-state index is 0.151. The Bertz CT molecular complexity index is 5480. The van der Waals surface area contributed by atoms with Gasteiger partial charge in [-0.3, -0.25) is 9.59 Å². The average molecular weight is 1460 g/mol. The van der Waals surface area contributed by atoms with Crippen LogP contribution >= 0.6 is 45.3 Å². The normalized spacial score (nSPS) is 16.7. The van der Waals surface area contributed by atoms with E-state index in [1.807, 2.05) is 121 Å². The van der Waals surface area contributed by atoms with Crippen molar-refractivity contribution in [1.29, 1.82) is 21.0 Å². The van der Waals surface area contributed by atoms with Crippen LogP contribution in [0.3, 0.4) is 0 Å². The van der Waals surface area contributed by atoms with Gasteiger partial charge in [0.25, 0.3) is 0 Å². The number of carbonyl (C=O) groups is 2. The predicted molar refractivity (Wildman–Crippen MR) is 429 cm³/mol. The molecule has 0 N–H and O–H groups in total. The van der Waals surface area contributed by atoms with Crippen molar-refractivity contribution in [2.24, 2.45) is 0 Å². The molecule has 106 heavy (non-hydrogen) atoms. The lowest BCUT2D eigenvalue weighted by Gasteiger charge is -2.39. The first-order valence-corrected chi connectivity index (χ1v) is 39.7. The van der Waals surface area contributed by atoms with Crippen LogP contribution in [0.5, 0.6) is 23.0 Å². The number of fused-ring (bicyclic) bond motifs is 13. The number of ketones is 2. The van der Waals surface area contributed by atoms with Gasteiger partial charge in [0.2, 0.25) is 0 Å². The number of unbranched alkanes of at least 4 members (excludes halogenated alkanes) is 10. The number of benzene rings is 8. The zero-order valence-electron chi connectivity index (χ0n) is 59.2. The first kappa shape index (κ1) is 69.2. The number of rotatable bonds is 22. The fourth-order valence-electron chi connectivity index (χ4n) is 15.6. The molecule has 2 aliphatic heterocycles. The smallest absolute Gasteiger partial charge is 0.194 e. The Morgan fingerprint density at radius 1 is 0.406 bits per heavy atom. The SMILES string of the molecule is CCCCCCCCOc1ccc(C2(c3ccc(C)cc3)Oc3cc(/C=C4\C(=O)c5cc6ccccc6cc5C4=C(C#N)C#N)sc3-c3sc4c5c(sc4c32)-c2sc(/C=C3\C(=O)c4cc6ccccc6cc4C3=C(C#N)C#N)cc2OC5(c2ccc(C)cc2)c2ccc(OCCCCCCCC)cc2)cc1. The van der Waals surface area contributed by atoms with Crippen LogP contribution in [0.4, 0.5) is 0 Å². The second-order valence-electron chi connectivity index (χ2n) is 27.7. The fourth-order valence-corrected chi connectivity index (χ4v) is 21.0. The standard InChI is InChI=1S/C92H72N4O6S4/c1-5-7-9-11-13-19-41-99-67-37-33-65(34-38-67)91(63-29-25-55(3)26-30-63)81-87(85-77(101-91)49-69(103-85)47-75-79(61(51-93)52-94)71-43-57-21-15-17-23-59(57)45-73(71)83(75)97)105-90-82-88(106-89(81)90)86-78(50-70(104-86)48-76-80(62(53-95)54-96)72-44-58-22-16-18-24-60(58)46-74(72)84(76)98)102-92(82,64-31-27-56(4)28-32-64)66-35-39-68(40-36-66)100-42-20-14-12-10-8-6-2/h15-18,21-40,43-50H,5-14,19-20,41-42H2,1-4H3/b75-47-,76-48-. The number of allylic oxidation sites excluding steroid dienone is 6. The Hall–Kier alpha value is -11.2. The third kappa shape index (κ3) is 12.0. The number of nitriles is 4. The van der Waals surface area contributed by atoms with Crippen LogP contribution in [-0.4, -0.2) is 24.8 Å². The van der Waals surface area contributed by atoms with Crippen molar-refractivity contribution in [3.63, 3.8) is 0 Å². The minimum Gasteiger partial charge on any atom is -0.494 e. The van der Waals surface area contributed by atoms with Gasteiger partial charge in [0.15, 0.2) is 22.8 Å². The molecule has 4 aliphatic rings. The maximum atomic E-state index is 15.1. The van der Waals surface area contributed by atoms with Gasteiger partial charge in [0.1, 0.15) is 58.4 Å². The first-order valence-electron chi connectivity index (χ1n) is 36.5. The van der Waals surface area contributed by atoms with E-state index in [2.05, 4.69) is 125 Å². The van der Waals surface area contributed by atoms with Gasteiger partial charge in [-0.15, -0.1) is 45.3 Å².